The van der Waals surface area contributed by atoms with E-state index in [2.05, 4.69) is 0 Å². The molecule has 2 aromatic carbocycles. The third-order valence-electron chi connectivity index (χ3n) is 4.22. The Hall–Kier alpha value is -3.22. The van der Waals surface area contributed by atoms with E-state index in [1.807, 2.05) is 0 Å². The van der Waals surface area contributed by atoms with Crippen molar-refractivity contribution >= 4 is 17.5 Å². The number of hydrogen-bond acceptors (Lipinski definition) is 5. The Morgan fingerprint density at radius 2 is 1.69 bits per heavy atom. The SMILES string of the molecule is Cc1ccc(OCCCCN2C(=O)c3ccccc3C2=O)c([N+](=O)[O-])c1. The Kier molecular flexibility index (Phi) is 4.97. The van der Waals surface area contributed by atoms with E-state index in [0.717, 1.165) is 5.56 Å². The van der Waals surface area contributed by atoms with Crippen molar-refractivity contribution in [2.75, 3.05) is 13.2 Å². The van der Waals surface area contributed by atoms with E-state index < -0.39 is 4.92 Å². The van der Waals surface area contributed by atoms with E-state index in [1.54, 1.807) is 43.3 Å². The first kappa shape index (κ1) is 17.6. The molecule has 1 heterocycles. The summed E-state index contributed by atoms with van der Waals surface area (Å²) >= 11 is 0. The summed E-state index contributed by atoms with van der Waals surface area (Å²) in [5, 5.41) is 11.1. The van der Waals surface area contributed by atoms with Crippen LogP contribution in [0.5, 0.6) is 5.75 Å². The molecule has 0 saturated heterocycles. The molecule has 1 aliphatic rings. The number of carbonyl (C=O) groups excluding carboxylic acids is 2. The zero-order valence-electron chi connectivity index (χ0n) is 14.3. The van der Waals surface area contributed by atoms with Crippen LogP contribution in [0.2, 0.25) is 0 Å². The van der Waals surface area contributed by atoms with E-state index >= 15 is 0 Å². The lowest BCUT2D eigenvalue weighted by Gasteiger charge is -2.13. The van der Waals surface area contributed by atoms with Crippen molar-refractivity contribution in [1.29, 1.82) is 0 Å². The number of benzene rings is 2. The molecule has 0 atom stereocenters. The number of nitro benzene ring substituents is 1. The van der Waals surface area contributed by atoms with Crippen LogP contribution in [0.1, 0.15) is 39.1 Å². The van der Waals surface area contributed by atoms with Crippen LogP contribution in [0, 0.1) is 17.0 Å². The van der Waals surface area contributed by atoms with E-state index in [1.165, 1.54) is 11.0 Å². The zero-order valence-corrected chi connectivity index (χ0v) is 14.3. The highest BCUT2D eigenvalue weighted by atomic mass is 16.6. The van der Waals surface area contributed by atoms with E-state index in [0.29, 0.717) is 30.5 Å². The molecule has 2 amide bonds. The minimum absolute atomic E-state index is 0.0645. The van der Waals surface area contributed by atoms with Gasteiger partial charge in [-0.3, -0.25) is 24.6 Å². The predicted molar refractivity (Wildman–Crippen MR) is 94.4 cm³/mol. The predicted octanol–water partition coefficient (Wildman–Crippen LogP) is 3.36. The van der Waals surface area contributed by atoms with Crippen LogP contribution >= 0.6 is 0 Å². The molecule has 0 spiro atoms. The first-order valence-corrected chi connectivity index (χ1v) is 8.32. The molecular formula is C19H18N2O5. The van der Waals surface area contributed by atoms with Gasteiger partial charge in [-0.1, -0.05) is 18.2 Å². The third kappa shape index (κ3) is 3.42. The summed E-state index contributed by atoms with van der Waals surface area (Å²) in [5.74, 6) is -0.331. The number of imide groups is 1. The average molecular weight is 354 g/mol. The number of carbonyl (C=O) groups is 2. The third-order valence-corrected chi connectivity index (χ3v) is 4.22. The van der Waals surface area contributed by atoms with Gasteiger partial charge in [0.05, 0.1) is 22.7 Å². The molecule has 0 aromatic heterocycles. The molecule has 3 rings (SSSR count). The topological polar surface area (TPSA) is 89.8 Å². The summed E-state index contributed by atoms with van der Waals surface area (Å²) in [7, 11) is 0. The largest absolute Gasteiger partial charge is 0.487 e. The molecule has 7 nitrogen and oxygen atoms in total. The normalized spacial score (nSPS) is 13.0. The second-order valence-corrected chi connectivity index (χ2v) is 6.09. The van der Waals surface area contributed by atoms with Crippen molar-refractivity contribution in [2.45, 2.75) is 19.8 Å². The van der Waals surface area contributed by atoms with E-state index in [4.69, 9.17) is 4.74 Å². The Labute approximate surface area is 150 Å². The quantitative estimate of drug-likeness (QED) is 0.329. The molecule has 0 saturated carbocycles. The zero-order chi connectivity index (χ0) is 18.7. The number of nitrogens with zero attached hydrogens (tertiary/aromatic N) is 2. The van der Waals surface area contributed by atoms with Gasteiger partial charge in [-0.25, -0.2) is 0 Å². The molecule has 0 aliphatic carbocycles. The van der Waals surface area contributed by atoms with Gasteiger partial charge in [-0.05, 0) is 43.5 Å². The summed E-state index contributed by atoms with van der Waals surface area (Å²) in [5.41, 5.74) is 1.59. The highest BCUT2D eigenvalue weighted by Gasteiger charge is 2.34. The summed E-state index contributed by atoms with van der Waals surface area (Å²) < 4.78 is 5.50. The lowest BCUT2D eigenvalue weighted by Crippen LogP contribution is -2.30. The molecule has 134 valence electrons. The second kappa shape index (κ2) is 7.35. The number of hydrogen-bond donors (Lipinski definition) is 0. The molecule has 0 N–H and O–H groups in total. The average Bonchev–Trinajstić information content (AvgIpc) is 2.87. The minimum atomic E-state index is -0.471. The molecule has 2 aromatic rings. The maximum Gasteiger partial charge on any atom is 0.311 e. The standard InChI is InChI=1S/C19H18N2O5/c1-13-8-9-17(16(12-13)21(24)25)26-11-5-4-10-20-18(22)14-6-2-3-7-15(14)19(20)23/h2-3,6-9,12H,4-5,10-11H2,1H3. The Balaban J connectivity index is 1.51. The van der Waals surface area contributed by atoms with Crippen LogP contribution in [0.3, 0.4) is 0 Å². The number of nitro groups is 1. The van der Waals surface area contributed by atoms with Crippen molar-refractivity contribution < 1.29 is 19.2 Å². The van der Waals surface area contributed by atoms with Crippen LogP contribution in [0.15, 0.2) is 42.5 Å². The first-order valence-electron chi connectivity index (χ1n) is 8.32. The highest BCUT2D eigenvalue weighted by Crippen LogP contribution is 2.28. The monoisotopic (exact) mass is 354 g/mol. The summed E-state index contributed by atoms with van der Waals surface area (Å²) in [4.78, 5) is 36.3. The lowest BCUT2D eigenvalue weighted by molar-refractivity contribution is -0.385. The van der Waals surface area contributed by atoms with Gasteiger partial charge in [-0.15, -0.1) is 0 Å². The van der Waals surface area contributed by atoms with Crippen LogP contribution in [-0.4, -0.2) is 34.8 Å². The minimum Gasteiger partial charge on any atom is -0.487 e. The van der Waals surface area contributed by atoms with Gasteiger partial charge in [0.25, 0.3) is 11.8 Å². The number of rotatable bonds is 7. The van der Waals surface area contributed by atoms with Crippen molar-refractivity contribution in [2.24, 2.45) is 0 Å². The molecule has 7 heteroatoms. The van der Waals surface area contributed by atoms with Crippen LogP contribution < -0.4 is 4.74 Å². The van der Waals surface area contributed by atoms with Gasteiger partial charge in [0.2, 0.25) is 0 Å². The summed E-state index contributed by atoms with van der Waals surface area (Å²) in [6.45, 7) is 2.34. The van der Waals surface area contributed by atoms with Crippen molar-refractivity contribution in [3.05, 3.63) is 69.3 Å². The summed E-state index contributed by atoms with van der Waals surface area (Å²) in [6.07, 6.45) is 1.13. The highest BCUT2D eigenvalue weighted by molar-refractivity contribution is 6.21. The number of unbranched alkanes of at least 4 members (excludes halogenated alkanes) is 1. The first-order chi connectivity index (χ1) is 12.5. The molecule has 0 unspecified atom stereocenters. The molecule has 26 heavy (non-hydrogen) atoms. The number of amides is 2. The smallest absolute Gasteiger partial charge is 0.311 e. The van der Waals surface area contributed by atoms with Crippen molar-refractivity contribution in [3.8, 4) is 5.75 Å². The number of fused-ring (bicyclic) bond motifs is 1. The Bertz CT molecular complexity index is 843. The maximum absolute atomic E-state index is 12.2. The molecule has 0 fully saturated rings. The fourth-order valence-corrected chi connectivity index (χ4v) is 2.89. The molecular weight excluding hydrogens is 336 g/mol. The molecule has 0 bridgehead atoms. The van der Waals surface area contributed by atoms with E-state index in [9.17, 15) is 19.7 Å². The second-order valence-electron chi connectivity index (χ2n) is 6.09. The van der Waals surface area contributed by atoms with Gasteiger partial charge in [0, 0.05) is 12.6 Å². The maximum atomic E-state index is 12.2. The van der Waals surface area contributed by atoms with Gasteiger partial charge in [0.15, 0.2) is 5.75 Å². The van der Waals surface area contributed by atoms with Gasteiger partial charge in [0.1, 0.15) is 0 Å². The Morgan fingerprint density at radius 1 is 1.04 bits per heavy atom. The molecule has 1 aliphatic heterocycles. The number of ether oxygens (including phenoxy) is 1. The van der Waals surface area contributed by atoms with Crippen LogP contribution in [0.4, 0.5) is 5.69 Å². The lowest BCUT2D eigenvalue weighted by atomic mass is 10.1. The molecule has 0 radical (unpaired) electrons. The van der Waals surface area contributed by atoms with E-state index in [-0.39, 0.29) is 29.9 Å². The fourth-order valence-electron chi connectivity index (χ4n) is 2.89. The van der Waals surface area contributed by atoms with Crippen molar-refractivity contribution in [3.63, 3.8) is 0 Å². The van der Waals surface area contributed by atoms with Crippen LogP contribution in [0.25, 0.3) is 0 Å². The Morgan fingerprint density at radius 3 is 2.31 bits per heavy atom. The summed E-state index contributed by atoms with van der Waals surface area (Å²) in [6, 6.07) is 11.6. The van der Waals surface area contributed by atoms with Gasteiger partial charge >= 0.3 is 5.69 Å². The van der Waals surface area contributed by atoms with Gasteiger partial charge in [-0.2, -0.15) is 0 Å². The number of aryl methyl sites for hydroxylation is 1. The van der Waals surface area contributed by atoms with Gasteiger partial charge < -0.3 is 4.74 Å². The fraction of sp³-hybridized carbons (Fsp3) is 0.263. The van der Waals surface area contributed by atoms with Crippen LogP contribution in [-0.2, 0) is 0 Å². The van der Waals surface area contributed by atoms with Crippen molar-refractivity contribution in [1.82, 2.24) is 4.90 Å².